The van der Waals surface area contributed by atoms with Gasteiger partial charge < -0.3 is 23.9 Å². The van der Waals surface area contributed by atoms with Crippen molar-refractivity contribution in [3.8, 4) is 11.5 Å². The van der Waals surface area contributed by atoms with Gasteiger partial charge in [0.2, 0.25) is 11.2 Å². The first-order valence-corrected chi connectivity index (χ1v) is 13.0. The maximum atomic E-state index is 12.9. The first-order valence-electron chi connectivity index (χ1n) is 13.0. The fourth-order valence-electron chi connectivity index (χ4n) is 5.19. The molecule has 0 spiro atoms. The monoisotopic (exact) mass is 528 g/mol. The fraction of sp³-hybridized carbons (Fsp3) is 0.290. The van der Waals surface area contributed by atoms with Crippen molar-refractivity contribution in [2.45, 2.75) is 18.9 Å². The third-order valence-corrected chi connectivity index (χ3v) is 7.30. The summed E-state index contributed by atoms with van der Waals surface area (Å²) >= 11 is 0. The van der Waals surface area contributed by atoms with Crippen molar-refractivity contribution in [2.24, 2.45) is 0 Å². The number of fused-ring (bicyclic) bond motifs is 1. The standard InChI is InChI=1S/C31H32N2O6/c1-37-23-12-10-22(11-13-23)33-16-14-32(15-17-33)20-24-18-28(34)30(36)31(39-24)27(19-29(35)38-2)26-9-5-7-21-6-3-4-8-25(21)26/h3-13,18,27,36H,14-17,19-20H2,1-2H3/t27-/m1/s1. The Morgan fingerprint density at radius 3 is 2.41 bits per heavy atom. The summed E-state index contributed by atoms with van der Waals surface area (Å²) in [6.07, 6.45) is -0.0784. The van der Waals surface area contributed by atoms with E-state index in [9.17, 15) is 14.7 Å². The minimum atomic E-state index is -0.692. The van der Waals surface area contributed by atoms with Crippen molar-refractivity contribution in [1.82, 2.24) is 4.90 Å². The molecule has 39 heavy (non-hydrogen) atoms. The van der Waals surface area contributed by atoms with E-state index in [1.54, 1.807) is 7.11 Å². The molecule has 1 aliphatic heterocycles. The Morgan fingerprint density at radius 2 is 1.69 bits per heavy atom. The average Bonchev–Trinajstić information content (AvgIpc) is 2.98. The summed E-state index contributed by atoms with van der Waals surface area (Å²) in [5.41, 5.74) is 1.38. The van der Waals surface area contributed by atoms with Crippen LogP contribution in [0.2, 0.25) is 0 Å². The summed E-state index contributed by atoms with van der Waals surface area (Å²) in [5, 5.41) is 12.7. The molecule has 3 aromatic carbocycles. The summed E-state index contributed by atoms with van der Waals surface area (Å²) in [6, 6.07) is 22.9. The summed E-state index contributed by atoms with van der Waals surface area (Å²) in [5.74, 6) is -0.287. The molecule has 1 saturated heterocycles. The van der Waals surface area contributed by atoms with E-state index in [-0.39, 0.29) is 12.2 Å². The van der Waals surface area contributed by atoms with E-state index >= 15 is 0 Å². The van der Waals surface area contributed by atoms with Gasteiger partial charge in [-0.1, -0.05) is 42.5 Å². The molecule has 1 atom stereocenters. The number of carbonyl (C=O) groups excluding carboxylic acids is 1. The lowest BCUT2D eigenvalue weighted by Gasteiger charge is -2.36. The lowest BCUT2D eigenvalue weighted by molar-refractivity contribution is -0.140. The Morgan fingerprint density at radius 1 is 0.974 bits per heavy atom. The van der Waals surface area contributed by atoms with Crippen LogP contribution in [0, 0.1) is 0 Å². The number of methoxy groups -OCH3 is 2. The highest BCUT2D eigenvalue weighted by Crippen LogP contribution is 2.37. The highest BCUT2D eigenvalue weighted by Gasteiger charge is 2.28. The molecule has 1 N–H and O–H groups in total. The van der Waals surface area contributed by atoms with Crippen molar-refractivity contribution >= 4 is 22.4 Å². The number of aromatic hydroxyl groups is 1. The fourth-order valence-corrected chi connectivity index (χ4v) is 5.19. The van der Waals surface area contributed by atoms with Gasteiger partial charge in [0.25, 0.3) is 0 Å². The van der Waals surface area contributed by atoms with Crippen LogP contribution in [0.4, 0.5) is 5.69 Å². The van der Waals surface area contributed by atoms with Crippen LogP contribution < -0.4 is 15.1 Å². The van der Waals surface area contributed by atoms with Gasteiger partial charge in [-0.25, -0.2) is 0 Å². The van der Waals surface area contributed by atoms with Gasteiger partial charge in [-0.15, -0.1) is 0 Å². The SMILES string of the molecule is COC(=O)C[C@@H](c1oc(CN2CCN(c3ccc(OC)cc3)CC2)cc(=O)c1O)c1cccc2ccccc12. The van der Waals surface area contributed by atoms with E-state index < -0.39 is 23.1 Å². The van der Waals surface area contributed by atoms with Crippen molar-refractivity contribution < 1.29 is 23.8 Å². The van der Waals surface area contributed by atoms with Crippen molar-refractivity contribution in [1.29, 1.82) is 0 Å². The molecule has 0 radical (unpaired) electrons. The van der Waals surface area contributed by atoms with E-state index in [4.69, 9.17) is 13.9 Å². The van der Waals surface area contributed by atoms with Gasteiger partial charge in [0, 0.05) is 37.9 Å². The summed E-state index contributed by atoms with van der Waals surface area (Å²) in [7, 11) is 2.97. The van der Waals surface area contributed by atoms with E-state index in [2.05, 4.69) is 21.9 Å². The number of piperazine rings is 1. The highest BCUT2D eigenvalue weighted by atomic mass is 16.5. The van der Waals surface area contributed by atoms with Gasteiger partial charge >= 0.3 is 5.97 Å². The molecule has 4 aromatic rings. The molecular weight excluding hydrogens is 496 g/mol. The molecule has 0 aliphatic carbocycles. The molecule has 8 heteroatoms. The zero-order chi connectivity index (χ0) is 27.4. The molecule has 8 nitrogen and oxygen atoms in total. The Kier molecular flexibility index (Phi) is 7.84. The Balaban J connectivity index is 1.40. The summed E-state index contributed by atoms with van der Waals surface area (Å²) < 4.78 is 16.4. The van der Waals surface area contributed by atoms with Crippen LogP contribution in [0.5, 0.6) is 11.5 Å². The molecule has 1 fully saturated rings. The maximum Gasteiger partial charge on any atom is 0.306 e. The summed E-state index contributed by atoms with van der Waals surface area (Å²) in [4.78, 5) is 29.8. The van der Waals surface area contributed by atoms with E-state index in [1.807, 2.05) is 54.6 Å². The number of benzene rings is 3. The predicted octanol–water partition coefficient (Wildman–Crippen LogP) is 4.52. The third-order valence-electron chi connectivity index (χ3n) is 7.30. The number of nitrogens with zero attached hydrogens (tertiary/aromatic N) is 2. The first-order chi connectivity index (χ1) is 19.0. The molecule has 2 heterocycles. The van der Waals surface area contributed by atoms with Crippen molar-refractivity contribution in [2.75, 3.05) is 45.3 Å². The molecule has 0 amide bonds. The van der Waals surface area contributed by atoms with E-state index in [1.165, 1.54) is 13.2 Å². The summed E-state index contributed by atoms with van der Waals surface area (Å²) in [6.45, 7) is 3.62. The van der Waals surface area contributed by atoms with Crippen LogP contribution in [0.1, 0.15) is 29.4 Å². The molecule has 5 rings (SSSR count). The quantitative estimate of drug-likeness (QED) is 0.334. The van der Waals surface area contributed by atoms with Gasteiger partial charge in [0.15, 0.2) is 5.76 Å². The second kappa shape index (κ2) is 11.6. The van der Waals surface area contributed by atoms with Gasteiger partial charge in [0.05, 0.1) is 33.1 Å². The number of rotatable bonds is 8. The molecule has 0 saturated carbocycles. The Labute approximate surface area is 227 Å². The maximum absolute atomic E-state index is 12.9. The van der Waals surface area contributed by atoms with Crippen LogP contribution >= 0.6 is 0 Å². The van der Waals surface area contributed by atoms with Gasteiger partial charge in [-0.2, -0.15) is 0 Å². The topological polar surface area (TPSA) is 92.5 Å². The lowest BCUT2D eigenvalue weighted by Crippen LogP contribution is -2.46. The largest absolute Gasteiger partial charge is 0.502 e. The van der Waals surface area contributed by atoms with E-state index in [0.717, 1.165) is 54.0 Å². The lowest BCUT2D eigenvalue weighted by atomic mass is 9.88. The third kappa shape index (κ3) is 5.76. The molecular formula is C31H32N2O6. The first kappa shape index (κ1) is 26.3. The Hall–Kier alpha value is -4.30. The molecule has 0 unspecified atom stereocenters. The van der Waals surface area contributed by atoms with Gasteiger partial charge in [-0.05, 0) is 40.6 Å². The van der Waals surface area contributed by atoms with Crippen LogP contribution in [-0.2, 0) is 16.1 Å². The number of esters is 1. The van der Waals surface area contributed by atoms with Crippen LogP contribution in [0.25, 0.3) is 10.8 Å². The Bertz CT molecular complexity index is 1500. The number of hydrogen-bond donors (Lipinski definition) is 1. The minimum Gasteiger partial charge on any atom is -0.502 e. The molecule has 0 bridgehead atoms. The zero-order valence-corrected chi connectivity index (χ0v) is 22.1. The highest BCUT2D eigenvalue weighted by molar-refractivity contribution is 5.87. The number of anilines is 1. The molecule has 1 aliphatic rings. The average molecular weight is 529 g/mol. The van der Waals surface area contributed by atoms with Crippen molar-refractivity contribution in [3.63, 3.8) is 0 Å². The number of hydrogen-bond acceptors (Lipinski definition) is 8. The smallest absolute Gasteiger partial charge is 0.306 e. The number of carbonyl (C=O) groups is 1. The second-order valence-electron chi connectivity index (χ2n) is 9.65. The zero-order valence-electron chi connectivity index (χ0n) is 22.1. The van der Waals surface area contributed by atoms with Gasteiger partial charge in [-0.3, -0.25) is 14.5 Å². The van der Waals surface area contributed by atoms with Gasteiger partial charge in [0.1, 0.15) is 11.5 Å². The second-order valence-corrected chi connectivity index (χ2v) is 9.65. The molecule has 1 aromatic heterocycles. The van der Waals surface area contributed by atoms with Crippen molar-refractivity contribution in [3.05, 3.63) is 100 Å². The predicted molar refractivity (Wildman–Crippen MR) is 150 cm³/mol. The van der Waals surface area contributed by atoms with Crippen LogP contribution in [0.3, 0.4) is 0 Å². The number of ether oxygens (including phenoxy) is 2. The van der Waals surface area contributed by atoms with Crippen LogP contribution in [-0.4, -0.2) is 56.4 Å². The molecule has 202 valence electrons. The normalized spacial score (nSPS) is 14.8. The minimum absolute atomic E-state index is 0.0784. The van der Waals surface area contributed by atoms with Crippen LogP contribution in [0.15, 0.2) is 82.0 Å². The van der Waals surface area contributed by atoms with E-state index in [0.29, 0.717) is 12.3 Å².